The van der Waals surface area contributed by atoms with Crippen molar-refractivity contribution < 1.29 is 0 Å². The summed E-state index contributed by atoms with van der Waals surface area (Å²) in [7, 11) is 0. The Morgan fingerprint density at radius 2 is 2.00 bits per heavy atom. The molecule has 1 aromatic heterocycles. The van der Waals surface area contributed by atoms with E-state index in [0.717, 1.165) is 13.0 Å². The molecule has 1 aliphatic rings. The van der Waals surface area contributed by atoms with Crippen molar-refractivity contribution >= 4 is 10.9 Å². The zero-order chi connectivity index (χ0) is 13.8. The van der Waals surface area contributed by atoms with Crippen LogP contribution < -0.4 is 11.1 Å². The van der Waals surface area contributed by atoms with Crippen molar-refractivity contribution in [2.24, 2.45) is 5.73 Å². The third kappa shape index (κ3) is 3.22. The largest absolute Gasteiger partial charge is 0.361 e. The number of aromatic nitrogens is 1. The van der Waals surface area contributed by atoms with Gasteiger partial charge in [0, 0.05) is 35.7 Å². The summed E-state index contributed by atoms with van der Waals surface area (Å²) >= 11 is 0. The van der Waals surface area contributed by atoms with Crippen LogP contribution in [0.3, 0.4) is 0 Å². The first-order valence-corrected chi connectivity index (χ1v) is 7.87. The van der Waals surface area contributed by atoms with Gasteiger partial charge in [0.05, 0.1) is 0 Å². The van der Waals surface area contributed by atoms with Crippen LogP contribution >= 0.6 is 0 Å². The lowest BCUT2D eigenvalue weighted by molar-refractivity contribution is 0.364. The molecular formula is C17H25N3. The zero-order valence-corrected chi connectivity index (χ0v) is 12.1. The van der Waals surface area contributed by atoms with E-state index in [1.54, 1.807) is 0 Å². The summed E-state index contributed by atoms with van der Waals surface area (Å²) in [6.45, 7) is 0.921. The number of rotatable bonds is 5. The fourth-order valence-corrected chi connectivity index (χ4v) is 3.28. The van der Waals surface area contributed by atoms with Crippen molar-refractivity contribution in [1.82, 2.24) is 10.3 Å². The minimum Gasteiger partial charge on any atom is -0.361 e. The molecule has 2 aromatic rings. The number of fused-ring (bicyclic) bond motifs is 1. The highest BCUT2D eigenvalue weighted by Gasteiger charge is 2.14. The molecule has 0 saturated heterocycles. The van der Waals surface area contributed by atoms with Gasteiger partial charge in [-0.25, -0.2) is 0 Å². The van der Waals surface area contributed by atoms with Crippen LogP contribution in [0.5, 0.6) is 0 Å². The van der Waals surface area contributed by atoms with Gasteiger partial charge in [-0.2, -0.15) is 0 Å². The maximum absolute atomic E-state index is 6.30. The van der Waals surface area contributed by atoms with Crippen LogP contribution in [0.1, 0.15) is 37.7 Å². The molecule has 3 heteroatoms. The van der Waals surface area contributed by atoms with Crippen LogP contribution in [0.2, 0.25) is 0 Å². The van der Waals surface area contributed by atoms with Crippen LogP contribution in [0.25, 0.3) is 10.9 Å². The topological polar surface area (TPSA) is 53.8 Å². The predicted octanol–water partition coefficient (Wildman–Crippen LogP) is 2.96. The Hall–Kier alpha value is -1.32. The molecule has 1 fully saturated rings. The smallest absolute Gasteiger partial charge is 0.0456 e. The van der Waals surface area contributed by atoms with Gasteiger partial charge in [-0.05, 0) is 30.9 Å². The maximum Gasteiger partial charge on any atom is 0.0456 e. The van der Waals surface area contributed by atoms with Gasteiger partial charge in [0.2, 0.25) is 0 Å². The molecule has 1 heterocycles. The van der Waals surface area contributed by atoms with Gasteiger partial charge >= 0.3 is 0 Å². The number of nitrogens with one attached hydrogen (secondary N) is 2. The van der Waals surface area contributed by atoms with Crippen LogP contribution in [0.15, 0.2) is 30.5 Å². The fraction of sp³-hybridized carbons (Fsp3) is 0.529. The van der Waals surface area contributed by atoms with Gasteiger partial charge in [-0.3, -0.25) is 0 Å². The Labute approximate surface area is 120 Å². The van der Waals surface area contributed by atoms with Crippen molar-refractivity contribution in [2.45, 2.75) is 50.6 Å². The minimum absolute atomic E-state index is 0.191. The molecule has 0 radical (unpaired) electrons. The summed E-state index contributed by atoms with van der Waals surface area (Å²) in [5.41, 5.74) is 8.83. The normalized spacial score (nSPS) is 18.4. The molecule has 20 heavy (non-hydrogen) atoms. The van der Waals surface area contributed by atoms with Crippen LogP contribution in [-0.2, 0) is 6.42 Å². The lowest BCUT2D eigenvalue weighted by atomic mass is 9.95. The summed E-state index contributed by atoms with van der Waals surface area (Å²) in [5, 5.41) is 4.95. The number of hydrogen-bond acceptors (Lipinski definition) is 2. The highest BCUT2D eigenvalue weighted by molar-refractivity contribution is 5.83. The summed E-state index contributed by atoms with van der Waals surface area (Å²) in [5.74, 6) is 0. The van der Waals surface area contributed by atoms with Crippen molar-refractivity contribution in [3.63, 3.8) is 0 Å². The molecule has 108 valence electrons. The van der Waals surface area contributed by atoms with Crippen LogP contribution in [0, 0.1) is 0 Å². The molecule has 1 atom stereocenters. The molecule has 1 unspecified atom stereocenters. The van der Waals surface area contributed by atoms with E-state index in [0.29, 0.717) is 6.04 Å². The van der Waals surface area contributed by atoms with Crippen molar-refractivity contribution in [3.8, 4) is 0 Å². The summed E-state index contributed by atoms with van der Waals surface area (Å²) in [4.78, 5) is 3.32. The second-order valence-electron chi connectivity index (χ2n) is 6.07. The number of H-pyrrole nitrogens is 1. The van der Waals surface area contributed by atoms with Gasteiger partial charge in [0.1, 0.15) is 0 Å². The first kappa shape index (κ1) is 13.7. The Bertz CT molecular complexity index is 540. The van der Waals surface area contributed by atoms with Gasteiger partial charge in [-0.1, -0.05) is 37.5 Å². The average molecular weight is 271 g/mol. The number of aromatic amines is 1. The lowest BCUT2D eigenvalue weighted by Crippen LogP contribution is -2.41. The molecule has 4 N–H and O–H groups in total. The van der Waals surface area contributed by atoms with E-state index in [1.165, 1.54) is 48.6 Å². The molecule has 0 spiro atoms. The van der Waals surface area contributed by atoms with E-state index in [4.69, 9.17) is 5.73 Å². The molecule has 1 saturated carbocycles. The second-order valence-corrected chi connectivity index (χ2v) is 6.07. The van der Waals surface area contributed by atoms with E-state index < -0.39 is 0 Å². The van der Waals surface area contributed by atoms with Crippen LogP contribution in [-0.4, -0.2) is 23.6 Å². The van der Waals surface area contributed by atoms with Gasteiger partial charge in [0.15, 0.2) is 0 Å². The second kappa shape index (κ2) is 6.42. The van der Waals surface area contributed by atoms with Crippen molar-refractivity contribution in [3.05, 3.63) is 36.0 Å². The Kier molecular flexibility index (Phi) is 4.38. The van der Waals surface area contributed by atoms with E-state index in [-0.39, 0.29) is 6.04 Å². The minimum atomic E-state index is 0.191. The Morgan fingerprint density at radius 1 is 1.20 bits per heavy atom. The molecule has 0 aliphatic heterocycles. The number of benzene rings is 1. The summed E-state index contributed by atoms with van der Waals surface area (Å²) in [6.07, 6.45) is 9.82. The van der Waals surface area contributed by atoms with E-state index in [2.05, 4.69) is 40.8 Å². The summed E-state index contributed by atoms with van der Waals surface area (Å²) in [6, 6.07) is 9.32. The molecular weight excluding hydrogens is 246 g/mol. The molecule has 0 bridgehead atoms. The molecule has 1 aromatic carbocycles. The van der Waals surface area contributed by atoms with Crippen LogP contribution in [0.4, 0.5) is 0 Å². The third-order valence-electron chi connectivity index (χ3n) is 4.43. The quantitative estimate of drug-likeness (QED) is 0.783. The first-order chi connectivity index (χ1) is 9.83. The number of nitrogens with two attached hydrogens (primary N) is 1. The Balaban J connectivity index is 1.54. The lowest BCUT2D eigenvalue weighted by Gasteiger charge is -2.24. The predicted molar refractivity (Wildman–Crippen MR) is 84.9 cm³/mol. The van der Waals surface area contributed by atoms with Gasteiger partial charge in [0.25, 0.3) is 0 Å². The molecule has 1 aliphatic carbocycles. The summed E-state index contributed by atoms with van der Waals surface area (Å²) < 4.78 is 0. The van der Waals surface area contributed by atoms with Gasteiger partial charge < -0.3 is 16.0 Å². The van der Waals surface area contributed by atoms with Crippen molar-refractivity contribution in [2.75, 3.05) is 6.54 Å². The number of hydrogen-bond donors (Lipinski definition) is 3. The monoisotopic (exact) mass is 271 g/mol. The van der Waals surface area contributed by atoms with Gasteiger partial charge in [-0.15, -0.1) is 0 Å². The SMILES string of the molecule is NC(CNC1CCCCC1)Cc1c[nH]c2ccccc12. The maximum atomic E-state index is 6.30. The Morgan fingerprint density at radius 3 is 2.85 bits per heavy atom. The highest BCUT2D eigenvalue weighted by atomic mass is 14.9. The fourth-order valence-electron chi connectivity index (χ4n) is 3.28. The van der Waals surface area contributed by atoms with Crippen molar-refractivity contribution in [1.29, 1.82) is 0 Å². The molecule has 3 rings (SSSR count). The van der Waals surface area contributed by atoms with E-state index >= 15 is 0 Å². The standard InChI is InChI=1S/C17H25N3/c18-14(12-19-15-6-2-1-3-7-15)10-13-11-20-17-9-5-4-8-16(13)17/h4-5,8-9,11,14-15,19-20H,1-3,6-7,10,12,18H2. The number of para-hydroxylation sites is 1. The molecule has 0 amide bonds. The van der Waals surface area contributed by atoms with E-state index in [1.807, 2.05) is 0 Å². The third-order valence-corrected chi connectivity index (χ3v) is 4.43. The molecule has 3 nitrogen and oxygen atoms in total. The van der Waals surface area contributed by atoms with E-state index in [9.17, 15) is 0 Å². The first-order valence-electron chi connectivity index (χ1n) is 7.87. The highest BCUT2D eigenvalue weighted by Crippen LogP contribution is 2.19. The zero-order valence-electron chi connectivity index (χ0n) is 12.1. The average Bonchev–Trinajstić information content (AvgIpc) is 2.90.